The highest BCUT2D eigenvalue weighted by Crippen LogP contribution is 2.36. The number of methoxy groups -OCH3 is 2. The highest BCUT2D eigenvalue weighted by atomic mass is 16.5. The van der Waals surface area contributed by atoms with E-state index in [1.54, 1.807) is 20.3 Å². The minimum Gasteiger partial charge on any atom is -0.493 e. The lowest BCUT2D eigenvalue weighted by molar-refractivity contribution is -0.688. The molecular formula is C25H24NO3+. The van der Waals surface area contributed by atoms with Gasteiger partial charge in [0.05, 0.1) is 14.2 Å². The number of fused-ring (bicyclic) bond motifs is 1. The van der Waals surface area contributed by atoms with Crippen LogP contribution in [-0.4, -0.2) is 20.0 Å². The van der Waals surface area contributed by atoms with Crippen LogP contribution in [0.2, 0.25) is 0 Å². The molecule has 0 radical (unpaired) electrons. The summed E-state index contributed by atoms with van der Waals surface area (Å²) in [6, 6.07) is 16.2. The first-order valence-electron chi connectivity index (χ1n) is 9.63. The molecule has 4 heteroatoms. The summed E-state index contributed by atoms with van der Waals surface area (Å²) in [6.45, 7) is 2.95. The molecule has 0 atom stereocenters. The Morgan fingerprint density at radius 3 is 2.38 bits per heavy atom. The molecule has 0 N–H and O–H groups in total. The monoisotopic (exact) mass is 386 g/mol. The van der Waals surface area contributed by atoms with Crippen LogP contribution in [0.3, 0.4) is 0 Å². The molecule has 0 saturated carbocycles. The fourth-order valence-electron chi connectivity index (χ4n) is 3.71. The zero-order valence-electron chi connectivity index (χ0n) is 16.9. The maximum absolute atomic E-state index is 12.8. The van der Waals surface area contributed by atoms with Crippen LogP contribution in [0.5, 0.6) is 11.5 Å². The summed E-state index contributed by atoms with van der Waals surface area (Å²) in [6.07, 6.45) is 6.68. The Balaban J connectivity index is 1.55. The van der Waals surface area contributed by atoms with Gasteiger partial charge in [0.15, 0.2) is 36.2 Å². The van der Waals surface area contributed by atoms with Crippen molar-refractivity contribution in [3.63, 3.8) is 0 Å². The van der Waals surface area contributed by atoms with E-state index >= 15 is 0 Å². The fourth-order valence-corrected chi connectivity index (χ4v) is 3.71. The second kappa shape index (κ2) is 7.92. The number of Topliss-reactive ketones (excluding diaryl/α,β-unsaturated/α-hetero) is 1. The summed E-state index contributed by atoms with van der Waals surface area (Å²) in [4.78, 5) is 12.8. The SMILES string of the molecule is COc1cc2c(cc1OC)C(=O)C(=Cc1cc[n+](Cc3ccccc3C)cc1)C2. The molecule has 146 valence electrons. The predicted molar refractivity (Wildman–Crippen MR) is 112 cm³/mol. The number of pyridine rings is 1. The van der Waals surface area contributed by atoms with Crippen molar-refractivity contribution in [1.29, 1.82) is 0 Å². The van der Waals surface area contributed by atoms with E-state index in [1.807, 2.05) is 24.3 Å². The molecule has 29 heavy (non-hydrogen) atoms. The molecule has 0 saturated heterocycles. The lowest BCUT2D eigenvalue weighted by Crippen LogP contribution is -2.33. The van der Waals surface area contributed by atoms with Crippen molar-refractivity contribution in [3.05, 3.63) is 94.3 Å². The van der Waals surface area contributed by atoms with Gasteiger partial charge in [-0.15, -0.1) is 0 Å². The van der Waals surface area contributed by atoms with E-state index in [0.717, 1.165) is 23.2 Å². The fraction of sp³-hybridized carbons (Fsp3) is 0.200. The third kappa shape index (κ3) is 3.79. The molecule has 1 aromatic heterocycles. The summed E-state index contributed by atoms with van der Waals surface area (Å²) in [5, 5.41) is 0. The van der Waals surface area contributed by atoms with Crippen molar-refractivity contribution in [2.75, 3.05) is 14.2 Å². The molecule has 0 fully saturated rings. The third-order valence-electron chi connectivity index (χ3n) is 5.40. The van der Waals surface area contributed by atoms with Gasteiger partial charge in [0, 0.05) is 35.3 Å². The summed E-state index contributed by atoms with van der Waals surface area (Å²) in [5.74, 6) is 1.28. The Labute approximate surface area is 171 Å². The summed E-state index contributed by atoms with van der Waals surface area (Å²) in [5.41, 5.74) is 6.05. The van der Waals surface area contributed by atoms with Gasteiger partial charge in [-0.1, -0.05) is 24.3 Å². The van der Waals surface area contributed by atoms with Crippen LogP contribution in [0.25, 0.3) is 6.08 Å². The molecule has 3 aromatic rings. The molecule has 1 aliphatic rings. The lowest BCUT2D eigenvalue weighted by atomic mass is 10.1. The maximum Gasteiger partial charge on any atom is 0.189 e. The predicted octanol–water partition coefficient (Wildman–Crippen LogP) is 4.17. The maximum atomic E-state index is 12.8. The van der Waals surface area contributed by atoms with Crippen LogP contribution in [0.4, 0.5) is 0 Å². The van der Waals surface area contributed by atoms with Gasteiger partial charge in [0.25, 0.3) is 0 Å². The van der Waals surface area contributed by atoms with Gasteiger partial charge in [-0.25, -0.2) is 4.57 Å². The normalized spacial score (nSPS) is 14.2. The highest BCUT2D eigenvalue weighted by Gasteiger charge is 2.27. The van der Waals surface area contributed by atoms with Crippen molar-refractivity contribution < 1.29 is 18.8 Å². The number of aryl methyl sites for hydroxylation is 1. The number of aromatic nitrogens is 1. The molecule has 2 aromatic carbocycles. The minimum absolute atomic E-state index is 0.0533. The number of hydrogen-bond acceptors (Lipinski definition) is 3. The second-order valence-corrected chi connectivity index (χ2v) is 7.27. The van der Waals surface area contributed by atoms with Crippen LogP contribution < -0.4 is 14.0 Å². The molecule has 0 amide bonds. The van der Waals surface area contributed by atoms with E-state index < -0.39 is 0 Å². The van der Waals surface area contributed by atoms with Crippen molar-refractivity contribution in [2.45, 2.75) is 19.9 Å². The number of carbonyl (C=O) groups excluding carboxylic acids is 1. The molecule has 0 bridgehead atoms. The van der Waals surface area contributed by atoms with E-state index in [9.17, 15) is 4.79 Å². The van der Waals surface area contributed by atoms with Gasteiger partial charge in [-0.2, -0.15) is 0 Å². The Bertz CT molecular complexity index is 1100. The van der Waals surface area contributed by atoms with Crippen molar-refractivity contribution in [3.8, 4) is 11.5 Å². The van der Waals surface area contributed by atoms with E-state index in [2.05, 4.69) is 48.1 Å². The van der Waals surface area contributed by atoms with E-state index in [1.165, 1.54) is 11.1 Å². The van der Waals surface area contributed by atoms with E-state index in [4.69, 9.17) is 9.47 Å². The number of ether oxygens (including phenoxy) is 2. The number of rotatable bonds is 5. The van der Waals surface area contributed by atoms with Crippen LogP contribution in [0.1, 0.15) is 32.6 Å². The van der Waals surface area contributed by atoms with Crippen LogP contribution in [-0.2, 0) is 13.0 Å². The highest BCUT2D eigenvalue weighted by molar-refractivity contribution is 6.15. The average molecular weight is 386 g/mol. The molecule has 0 aliphatic heterocycles. The number of benzene rings is 2. The molecule has 4 nitrogen and oxygen atoms in total. The minimum atomic E-state index is 0.0533. The van der Waals surface area contributed by atoms with Crippen LogP contribution in [0.15, 0.2) is 66.5 Å². The Morgan fingerprint density at radius 2 is 1.69 bits per heavy atom. The van der Waals surface area contributed by atoms with Crippen molar-refractivity contribution in [1.82, 2.24) is 0 Å². The first-order chi connectivity index (χ1) is 14.1. The number of hydrogen-bond donors (Lipinski definition) is 0. The Hall–Kier alpha value is -3.40. The van der Waals surface area contributed by atoms with Crippen LogP contribution in [0, 0.1) is 6.92 Å². The zero-order valence-corrected chi connectivity index (χ0v) is 16.9. The number of allylic oxidation sites excluding steroid dienone is 1. The number of carbonyl (C=O) groups is 1. The lowest BCUT2D eigenvalue weighted by Gasteiger charge is -2.08. The molecule has 0 spiro atoms. The molecule has 1 aliphatic carbocycles. The van der Waals surface area contributed by atoms with Gasteiger partial charge < -0.3 is 9.47 Å². The van der Waals surface area contributed by atoms with Crippen LogP contribution >= 0.6 is 0 Å². The Morgan fingerprint density at radius 1 is 1.00 bits per heavy atom. The molecular weight excluding hydrogens is 362 g/mol. The van der Waals surface area contributed by atoms with Gasteiger partial charge in [0.2, 0.25) is 0 Å². The molecule has 1 heterocycles. The first-order valence-corrected chi connectivity index (χ1v) is 9.63. The van der Waals surface area contributed by atoms with Gasteiger partial charge in [-0.05, 0) is 41.8 Å². The van der Waals surface area contributed by atoms with Crippen molar-refractivity contribution in [2.24, 2.45) is 0 Å². The van der Waals surface area contributed by atoms with E-state index in [-0.39, 0.29) is 5.78 Å². The number of ketones is 1. The van der Waals surface area contributed by atoms with Gasteiger partial charge in [-0.3, -0.25) is 4.79 Å². The standard InChI is InChI=1S/C25H24NO3/c1-17-6-4-5-7-19(17)16-26-10-8-18(9-11-26)12-21-13-20-14-23(28-2)24(29-3)15-22(20)25(21)27/h4-12,14-15H,13,16H2,1-3H3/q+1. The van der Waals surface area contributed by atoms with E-state index in [0.29, 0.717) is 23.5 Å². The number of nitrogens with zero attached hydrogens (tertiary/aromatic N) is 1. The average Bonchev–Trinajstić information content (AvgIpc) is 3.04. The van der Waals surface area contributed by atoms with Crippen molar-refractivity contribution >= 4 is 11.9 Å². The largest absolute Gasteiger partial charge is 0.493 e. The smallest absolute Gasteiger partial charge is 0.189 e. The Kier molecular flexibility index (Phi) is 5.17. The van der Waals surface area contributed by atoms with Gasteiger partial charge >= 0.3 is 0 Å². The molecule has 0 unspecified atom stereocenters. The first kappa shape index (κ1) is 18.9. The summed E-state index contributed by atoms with van der Waals surface area (Å²) in [7, 11) is 3.19. The summed E-state index contributed by atoms with van der Waals surface area (Å²) >= 11 is 0. The zero-order chi connectivity index (χ0) is 20.4. The van der Waals surface area contributed by atoms with Gasteiger partial charge in [0.1, 0.15) is 0 Å². The quantitative estimate of drug-likeness (QED) is 0.488. The second-order valence-electron chi connectivity index (χ2n) is 7.27. The summed E-state index contributed by atoms with van der Waals surface area (Å²) < 4.78 is 12.8. The molecule has 4 rings (SSSR count). The topological polar surface area (TPSA) is 39.4 Å². The third-order valence-corrected chi connectivity index (χ3v) is 5.40.